The van der Waals surface area contributed by atoms with Crippen LogP contribution in [0.15, 0.2) is 35.1 Å². The van der Waals surface area contributed by atoms with Gasteiger partial charge in [-0.1, -0.05) is 0 Å². The third kappa shape index (κ3) is 4.49. The molecule has 10 heteroatoms. The fourth-order valence-electron chi connectivity index (χ4n) is 2.04. The van der Waals surface area contributed by atoms with E-state index in [-0.39, 0.29) is 48.5 Å². The summed E-state index contributed by atoms with van der Waals surface area (Å²) in [4.78, 5) is 15.4. The number of rotatable bonds is 6. The van der Waals surface area contributed by atoms with Gasteiger partial charge >= 0.3 is 0 Å². The average Bonchev–Trinajstić information content (AvgIpc) is 2.81. The quantitative estimate of drug-likeness (QED) is 0.727. The molecule has 24 heavy (non-hydrogen) atoms. The Labute approximate surface area is 139 Å². The van der Waals surface area contributed by atoms with Crippen molar-refractivity contribution in [2.75, 3.05) is 32.8 Å². The van der Waals surface area contributed by atoms with Gasteiger partial charge in [-0.05, 0) is 12.5 Å². The van der Waals surface area contributed by atoms with Crippen LogP contribution in [0.25, 0.3) is 0 Å². The molecular weight excluding hydrogens is 339 g/mol. The summed E-state index contributed by atoms with van der Waals surface area (Å²) in [5, 5.41) is 2.62. The van der Waals surface area contributed by atoms with Crippen LogP contribution in [-0.4, -0.2) is 56.4 Å². The van der Waals surface area contributed by atoms with Crippen molar-refractivity contribution in [1.29, 1.82) is 0 Å². The molecule has 1 amide bonds. The van der Waals surface area contributed by atoms with Gasteiger partial charge in [0.15, 0.2) is 0 Å². The lowest BCUT2D eigenvalue weighted by Gasteiger charge is -2.18. The number of ether oxygens (including phenoxy) is 1. The number of carbonyl (C=O) groups is 1. The van der Waals surface area contributed by atoms with Crippen molar-refractivity contribution >= 4 is 15.9 Å². The van der Waals surface area contributed by atoms with Gasteiger partial charge in [-0.3, -0.25) is 4.79 Å². The predicted molar refractivity (Wildman–Crippen MR) is 84.4 cm³/mol. The fourth-order valence-corrected chi connectivity index (χ4v) is 3.42. The number of aromatic nitrogens is 1. The van der Waals surface area contributed by atoms with Crippen LogP contribution in [-0.2, 0) is 14.8 Å². The molecule has 0 bridgehead atoms. The summed E-state index contributed by atoms with van der Waals surface area (Å²) >= 11 is 0. The number of sulfonamides is 1. The van der Waals surface area contributed by atoms with Crippen LogP contribution >= 0.6 is 0 Å². The summed E-state index contributed by atoms with van der Waals surface area (Å²) < 4.78 is 43.8. The summed E-state index contributed by atoms with van der Waals surface area (Å²) in [5.74, 6) is -0.188. The van der Waals surface area contributed by atoms with Crippen LogP contribution in [0.4, 0.5) is 4.39 Å². The summed E-state index contributed by atoms with van der Waals surface area (Å²) in [5.41, 5.74) is 5.56. The second-order valence-corrected chi connectivity index (χ2v) is 7.07. The molecule has 3 N–H and O–H groups in total. The Bertz CT molecular complexity index is 706. The Morgan fingerprint density at radius 2 is 2.29 bits per heavy atom. The molecule has 1 saturated heterocycles. The number of amides is 1. The van der Waals surface area contributed by atoms with Gasteiger partial charge in [0.2, 0.25) is 21.8 Å². The Kier molecular flexibility index (Phi) is 6.23. The van der Waals surface area contributed by atoms with Crippen LogP contribution in [0.1, 0.15) is 6.42 Å². The van der Waals surface area contributed by atoms with E-state index >= 15 is 0 Å². The van der Waals surface area contributed by atoms with E-state index in [2.05, 4.69) is 10.3 Å². The molecule has 0 radical (unpaired) electrons. The average molecular weight is 358 g/mol. The van der Waals surface area contributed by atoms with Crippen molar-refractivity contribution in [2.45, 2.75) is 11.3 Å². The van der Waals surface area contributed by atoms with Crippen molar-refractivity contribution in [3.8, 4) is 5.88 Å². The van der Waals surface area contributed by atoms with Crippen LogP contribution in [0.2, 0.25) is 0 Å². The lowest BCUT2D eigenvalue weighted by Crippen LogP contribution is -2.37. The van der Waals surface area contributed by atoms with Crippen molar-refractivity contribution in [1.82, 2.24) is 14.6 Å². The van der Waals surface area contributed by atoms with Gasteiger partial charge in [0.25, 0.3) is 0 Å². The highest BCUT2D eigenvalue weighted by Gasteiger charge is 2.28. The number of nitrogens with one attached hydrogen (secondary N) is 1. The third-order valence-electron chi connectivity index (χ3n) is 3.40. The fraction of sp³-hybridized carbons (Fsp3) is 0.429. The van der Waals surface area contributed by atoms with Crippen LogP contribution in [0, 0.1) is 0 Å². The third-order valence-corrected chi connectivity index (χ3v) is 5.22. The molecule has 0 spiro atoms. The summed E-state index contributed by atoms with van der Waals surface area (Å²) in [6.07, 6.45) is 2.05. The van der Waals surface area contributed by atoms with Crippen molar-refractivity contribution in [3.05, 3.63) is 30.2 Å². The number of carbonyl (C=O) groups excluding carboxylic acids is 1. The van der Waals surface area contributed by atoms with E-state index in [1.165, 1.54) is 12.1 Å². The topological polar surface area (TPSA) is 115 Å². The molecule has 8 nitrogen and oxygen atoms in total. The van der Waals surface area contributed by atoms with E-state index in [0.717, 1.165) is 10.5 Å². The largest absolute Gasteiger partial charge is 0.473 e. The first-order chi connectivity index (χ1) is 11.5. The highest BCUT2D eigenvalue weighted by atomic mass is 32.2. The normalized spacial score (nSPS) is 17.2. The van der Waals surface area contributed by atoms with E-state index in [9.17, 15) is 17.6 Å². The zero-order valence-corrected chi connectivity index (χ0v) is 13.8. The van der Waals surface area contributed by atoms with Crippen LogP contribution in [0.5, 0.6) is 5.88 Å². The van der Waals surface area contributed by atoms with Crippen LogP contribution in [0.3, 0.4) is 0 Å². The number of hydrogen-bond acceptors (Lipinski definition) is 6. The van der Waals surface area contributed by atoms with Crippen molar-refractivity contribution in [2.24, 2.45) is 5.73 Å². The van der Waals surface area contributed by atoms with Gasteiger partial charge in [0.05, 0.1) is 19.1 Å². The van der Waals surface area contributed by atoms with Gasteiger partial charge in [0, 0.05) is 31.3 Å². The first-order valence-corrected chi connectivity index (χ1v) is 8.75. The first kappa shape index (κ1) is 18.3. The Balaban J connectivity index is 2.09. The second kappa shape index (κ2) is 8.18. The smallest absolute Gasteiger partial charge is 0.245 e. The molecule has 1 fully saturated rings. The number of pyridine rings is 1. The van der Waals surface area contributed by atoms with Gasteiger partial charge < -0.3 is 15.8 Å². The van der Waals surface area contributed by atoms with Gasteiger partial charge in [-0.25, -0.2) is 17.8 Å². The highest BCUT2D eigenvalue weighted by molar-refractivity contribution is 7.89. The standard InChI is InChI=1S/C14H19FN4O4S/c15-6-11(7-16)10-23-14-3-2-12(8-18-14)24(21,22)19-5-1-4-17-13(20)9-19/h2-3,6,8H,1,4-5,7,9-10,16H2,(H,17,20)/b11-6+. The monoisotopic (exact) mass is 358 g/mol. The van der Waals surface area contributed by atoms with Crippen molar-refractivity contribution in [3.63, 3.8) is 0 Å². The molecule has 0 aliphatic carbocycles. The molecule has 0 unspecified atom stereocenters. The van der Waals surface area contributed by atoms with Crippen molar-refractivity contribution < 1.29 is 22.3 Å². The lowest BCUT2D eigenvalue weighted by molar-refractivity contribution is -0.120. The molecule has 1 aromatic heterocycles. The zero-order valence-electron chi connectivity index (χ0n) is 12.9. The molecule has 0 atom stereocenters. The Hall–Kier alpha value is -2.04. The molecular formula is C14H19FN4O4S. The molecule has 0 saturated carbocycles. The Morgan fingerprint density at radius 3 is 2.92 bits per heavy atom. The maximum absolute atomic E-state index is 12.5. The molecule has 1 aromatic rings. The molecule has 2 rings (SSSR count). The number of hydrogen-bond donors (Lipinski definition) is 2. The van der Waals surface area contributed by atoms with E-state index in [0.29, 0.717) is 19.3 Å². The van der Waals surface area contributed by atoms with E-state index in [1.54, 1.807) is 0 Å². The minimum Gasteiger partial charge on any atom is -0.473 e. The lowest BCUT2D eigenvalue weighted by atomic mass is 10.3. The summed E-state index contributed by atoms with van der Waals surface area (Å²) in [6, 6.07) is 2.71. The van der Waals surface area contributed by atoms with Gasteiger partial charge in [0.1, 0.15) is 11.5 Å². The molecule has 1 aliphatic rings. The van der Waals surface area contributed by atoms with Gasteiger partial charge in [-0.2, -0.15) is 4.31 Å². The predicted octanol–water partition coefficient (Wildman–Crippen LogP) is -0.217. The first-order valence-electron chi connectivity index (χ1n) is 7.31. The van der Waals surface area contributed by atoms with Gasteiger partial charge in [-0.15, -0.1) is 0 Å². The van der Waals surface area contributed by atoms with Crippen LogP contribution < -0.4 is 15.8 Å². The molecule has 2 heterocycles. The summed E-state index contributed by atoms with van der Waals surface area (Å²) in [7, 11) is -3.81. The minimum atomic E-state index is -3.81. The number of nitrogens with two attached hydrogens (primary N) is 1. The molecule has 1 aliphatic heterocycles. The SMILES string of the molecule is NC/C(=C\F)COc1ccc(S(=O)(=O)N2CCCNC(=O)C2)cn1. The summed E-state index contributed by atoms with van der Waals surface area (Å²) in [6.45, 7) is 0.419. The second-order valence-electron chi connectivity index (χ2n) is 5.13. The van der Waals surface area contributed by atoms with E-state index < -0.39 is 10.0 Å². The number of halogens is 1. The minimum absolute atomic E-state index is 0.0139. The number of nitrogens with zero attached hydrogens (tertiary/aromatic N) is 2. The zero-order chi connectivity index (χ0) is 17.6. The molecule has 0 aromatic carbocycles. The molecule has 132 valence electrons. The van der Waals surface area contributed by atoms with E-state index in [4.69, 9.17) is 10.5 Å². The maximum atomic E-state index is 12.5. The maximum Gasteiger partial charge on any atom is 0.245 e. The Morgan fingerprint density at radius 1 is 1.50 bits per heavy atom. The van der Waals surface area contributed by atoms with E-state index in [1.807, 2.05) is 0 Å². The highest BCUT2D eigenvalue weighted by Crippen LogP contribution is 2.18.